The SMILES string of the molecule is CCOC(=O)Oc1ccc(NC(=O)N(CC)C2CCS(=O)(=O)C2)cc1. The van der Waals surface area contributed by atoms with E-state index in [-0.39, 0.29) is 30.2 Å². The maximum atomic E-state index is 12.4. The number of hydrogen-bond acceptors (Lipinski definition) is 6. The van der Waals surface area contributed by atoms with Crippen LogP contribution in [0.1, 0.15) is 20.3 Å². The van der Waals surface area contributed by atoms with Crippen molar-refractivity contribution in [3.8, 4) is 5.75 Å². The molecule has 1 aliphatic heterocycles. The normalized spacial score (nSPS) is 18.4. The van der Waals surface area contributed by atoms with E-state index in [1.807, 2.05) is 0 Å². The molecule has 0 spiro atoms. The van der Waals surface area contributed by atoms with E-state index >= 15 is 0 Å². The van der Waals surface area contributed by atoms with Crippen LogP contribution in [0.25, 0.3) is 0 Å². The second-order valence-corrected chi connectivity index (χ2v) is 7.81. The smallest absolute Gasteiger partial charge is 0.434 e. The van der Waals surface area contributed by atoms with Gasteiger partial charge in [0.25, 0.3) is 0 Å². The van der Waals surface area contributed by atoms with Crippen molar-refractivity contribution in [2.24, 2.45) is 0 Å². The lowest BCUT2D eigenvalue weighted by Crippen LogP contribution is -2.43. The zero-order valence-electron chi connectivity index (χ0n) is 14.2. The molecule has 1 aromatic carbocycles. The molecule has 0 bridgehead atoms. The Hall–Kier alpha value is -2.29. The maximum Gasteiger partial charge on any atom is 0.513 e. The van der Waals surface area contributed by atoms with E-state index in [4.69, 9.17) is 4.74 Å². The first-order valence-corrected chi connectivity index (χ1v) is 9.89. The van der Waals surface area contributed by atoms with Crippen LogP contribution in [-0.2, 0) is 14.6 Å². The van der Waals surface area contributed by atoms with Crippen LogP contribution in [0, 0.1) is 0 Å². The molecule has 0 radical (unpaired) electrons. The second-order valence-electron chi connectivity index (χ2n) is 5.58. The summed E-state index contributed by atoms with van der Waals surface area (Å²) in [5, 5.41) is 2.72. The minimum Gasteiger partial charge on any atom is -0.434 e. The van der Waals surface area contributed by atoms with Crippen molar-refractivity contribution in [1.82, 2.24) is 4.90 Å². The van der Waals surface area contributed by atoms with Gasteiger partial charge in [-0.15, -0.1) is 0 Å². The first kappa shape index (κ1) is 19.0. The lowest BCUT2D eigenvalue weighted by atomic mass is 10.2. The Kier molecular flexibility index (Phi) is 6.24. The number of urea groups is 1. The van der Waals surface area contributed by atoms with Crippen molar-refractivity contribution in [3.63, 3.8) is 0 Å². The quantitative estimate of drug-likeness (QED) is 0.630. The maximum absolute atomic E-state index is 12.4. The Morgan fingerprint density at radius 3 is 2.44 bits per heavy atom. The molecule has 1 saturated heterocycles. The van der Waals surface area contributed by atoms with Crippen LogP contribution in [0.5, 0.6) is 5.75 Å². The molecular formula is C16H22N2O6S. The average Bonchev–Trinajstić information content (AvgIpc) is 2.90. The Morgan fingerprint density at radius 1 is 1.24 bits per heavy atom. The molecule has 25 heavy (non-hydrogen) atoms. The highest BCUT2D eigenvalue weighted by molar-refractivity contribution is 7.91. The summed E-state index contributed by atoms with van der Waals surface area (Å²) >= 11 is 0. The van der Waals surface area contributed by atoms with Crippen molar-refractivity contribution in [3.05, 3.63) is 24.3 Å². The van der Waals surface area contributed by atoms with Gasteiger partial charge in [0.05, 0.1) is 18.1 Å². The van der Waals surface area contributed by atoms with Crippen LogP contribution in [0.3, 0.4) is 0 Å². The summed E-state index contributed by atoms with van der Waals surface area (Å²) < 4.78 is 32.8. The van der Waals surface area contributed by atoms with E-state index < -0.39 is 16.0 Å². The Bertz CT molecular complexity index is 717. The molecule has 1 unspecified atom stereocenters. The summed E-state index contributed by atoms with van der Waals surface area (Å²) in [5.41, 5.74) is 0.514. The first-order chi connectivity index (χ1) is 11.8. The van der Waals surface area contributed by atoms with E-state index in [0.717, 1.165) is 0 Å². The van der Waals surface area contributed by atoms with Gasteiger partial charge in [0.1, 0.15) is 5.75 Å². The fourth-order valence-corrected chi connectivity index (χ4v) is 4.36. The van der Waals surface area contributed by atoms with Crippen LogP contribution >= 0.6 is 0 Å². The number of carbonyl (C=O) groups is 2. The third-order valence-electron chi connectivity index (χ3n) is 3.82. The highest BCUT2D eigenvalue weighted by Crippen LogP contribution is 2.20. The summed E-state index contributed by atoms with van der Waals surface area (Å²) in [6.45, 7) is 4.11. The summed E-state index contributed by atoms with van der Waals surface area (Å²) in [4.78, 5) is 25.2. The predicted molar refractivity (Wildman–Crippen MR) is 92.5 cm³/mol. The fraction of sp³-hybridized carbons (Fsp3) is 0.500. The van der Waals surface area contributed by atoms with Gasteiger partial charge in [-0.3, -0.25) is 0 Å². The number of ether oxygens (including phenoxy) is 2. The highest BCUT2D eigenvalue weighted by Gasteiger charge is 2.33. The van der Waals surface area contributed by atoms with E-state index in [1.54, 1.807) is 26.0 Å². The number of sulfone groups is 1. The Balaban J connectivity index is 1.96. The number of rotatable bonds is 5. The summed E-state index contributed by atoms with van der Waals surface area (Å²) in [6, 6.07) is 5.58. The molecule has 1 heterocycles. The van der Waals surface area contributed by atoms with Gasteiger partial charge in [-0.05, 0) is 44.5 Å². The second kappa shape index (κ2) is 8.19. The number of amides is 2. The van der Waals surface area contributed by atoms with Gasteiger partial charge < -0.3 is 19.7 Å². The van der Waals surface area contributed by atoms with Gasteiger partial charge in [0, 0.05) is 18.3 Å². The predicted octanol–water partition coefficient (Wildman–Crippen LogP) is 2.26. The molecule has 8 nitrogen and oxygen atoms in total. The molecule has 2 amide bonds. The van der Waals surface area contributed by atoms with Crippen LogP contribution in [0.15, 0.2) is 24.3 Å². The van der Waals surface area contributed by atoms with Crippen molar-refractivity contribution >= 4 is 27.7 Å². The first-order valence-electron chi connectivity index (χ1n) is 8.07. The molecule has 1 fully saturated rings. The van der Waals surface area contributed by atoms with Crippen molar-refractivity contribution in [2.75, 3.05) is 30.0 Å². The minimum absolute atomic E-state index is 0.000573. The van der Waals surface area contributed by atoms with E-state index in [0.29, 0.717) is 24.4 Å². The van der Waals surface area contributed by atoms with Gasteiger partial charge in [-0.2, -0.15) is 0 Å². The van der Waals surface area contributed by atoms with E-state index in [9.17, 15) is 18.0 Å². The summed E-state index contributed by atoms with van der Waals surface area (Å²) in [5.74, 6) is 0.410. The van der Waals surface area contributed by atoms with Crippen LogP contribution in [-0.4, -0.2) is 56.2 Å². The molecule has 1 aliphatic rings. The topological polar surface area (TPSA) is 102 Å². The van der Waals surface area contributed by atoms with Gasteiger partial charge in [0.2, 0.25) is 0 Å². The molecule has 1 N–H and O–H groups in total. The van der Waals surface area contributed by atoms with Crippen LogP contribution in [0.4, 0.5) is 15.3 Å². The van der Waals surface area contributed by atoms with E-state index in [2.05, 4.69) is 10.1 Å². The number of nitrogens with one attached hydrogen (secondary N) is 1. The number of benzene rings is 1. The highest BCUT2D eigenvalue weighted by atomic mass is 32.2. The van der Waals surface area contributed by atoms with Crippen LogP contribution < -0.4 is 10.1 Å². The molecule has 138 valence electrons. The summed E-state index contributed by atoms with van der Waals surface area (Å²) in [7, 11) is -3.06. The van der Waals surface area contributed by atoms with Crippen molar-refractivity contribution in [2.45, 2.75) is 26.3 Å². The number of carbonyl (C=O) groups excluding carboxylic acids is 2. The van der Waals surface area contributed by atoms with Gasteiger partial charge in [-0.25, -0.2) is 18.0 Å². The molecule has 0 saturated carbocycles. The molecule has 9 heteroatoms. The van der Waals surface area contributed by atoms with E-state index in [1.165, 1.54) is 17.0 Å². The zero-order chi connectivity index (χ0) is 18.4. The third-order valence-corrected chi connectivity index (χ3v) is 5.57. The molecule has 2 rings (SSSR count). The van der Waals surface area contributed by atoms with Gasteiger partial charge in [-0.1, -0.05) is 0 Å². The largest absolute Gasteiger partial charge is 0.513 e. The van der Waals surface area contributed by atoms with Crippen LogP contribution in [0.2, 0.25) is 0 Å². The molecule has 0 aromatic heterocycles. The van der Waals surface area contributed by atoms with Gasteiger partial charge in [0.15, 0.2) is 9.84 Å². The lowest BCUT2D eigenvalue weighted by Gasteiger charge is -2.27. The fourth-order valence-electron chi connectivity index (χ4n) is 2.63. The zero-order valence-corrected chi connectivity index (χ0v) is 15.0. The molecular weight excluding hydrogens is 348 g/mol. The lowest BCUT2D eigenvalue weighted by molar-refractivity contribution is 0.104. The minimum atomic E-state index is -3.06. The Morgan fingerprint density at radius 2 is 1.92 bits per heavy atom. The Labute approximate surface area is 147 Å². The molecule has 1 aromatic rings. The standard InChI is InChI=1S/C16H22N2O6S/c1-3-18(13-9-10-25(21,22)11-13)15(19)17-12-5-7-14(8-6-12)24-16(20)23-4-2/h5-8,13H,3-4,9-11H2,1-2H3,(H,17,19). The van der Waals surface area contributed by atoms with Gasteiger partial charge >= 0.3 is 12.2 Å². The van der Waals surface area contributed by atoms with Crippen molar-refractivity contribution < 1.29 is 27.5 Å². The monoisotopic (exact) mass is 370 g/mol. The number of anilines is 1. The van der Waals surface area contributed by atoms with Crippen molar-refractivity contribution in [1.29, 1.82) is 0 Å². The molecule has 1 atom stereocenters. The number of hydrogen-bond donors (Lipinski definition) is 1. The molecule has 0 aliphatic carbocycles. The average molecular weight is 370 g/mol. The number of nitrogens with zero attached hydrogens (tertiary/aromatic N) is 1. The summed E-state index contributed by atoms with van der Waals surface area (Å²) in [6.07, 6.45) is -0.338. The third kappa shape index (κ3) is 5.35.